The summed E-state index contributed by atoms with van der Waals surface area (Å²) in [5, 5.41) is 18.3. The zero-order valence-electron chi connectivity index (χ0n) is 13.1. The lowest BCUT2D eigenvalue weighted by atomic mass is 10.1. The first-order chi connectivity index (χ1) is 10.0. The zero-order chi connectivity index (χ0) is 15.8. The molecule has 6 nitrogen and oxygen atoms in total. The molecule has 1 fully saturated rings. The van der Waals surface area contributed by atoms with E-state index in [1.54, 1.807) is 4.90 Å². The Morgan fingerprint density at radius 2 is 1.76 bits per heavy atom. The number of carboxylic acids is 1. The number of amides is 2. The highest BCUT2D eigenvalue weighted by Crippen LogP contribution is 2.25. The van der Waals surface area contributed by atoms with E-state index in [9.17, 15) is 14.7 Å². The van der Waals surface area contributed by atoms with Crippen LogP contribution in [0.25, 0.3) is 0 Å². The summed E-state index contributed by atoms with van der Waals surface area (Å²) in [6.45, 7) is 3.90. The number of aliphatic hydroxyl groups excluding tert-OH is 1. The maximum absolute atomic E-state index is 12.8. The fourth-order valence-corrected chi connectivity index (χ4v) is 3.15. The molecule has 0 spiro atoms. The average molecular weight is 300 g/mol. The monoisotopic (exact) mass is 300 g/mol. The summed E-state index contributed by atoms with van der Waals surface area (Å²) in [4.78, 5) is 27.0. The molecule has 2 amide bonds. The van der Waals surface area contributed by atoms with Gasteiger partial charge in [-0.15, -0.1) is 0 Å². The van der Waals surface area contributed by atoms with Crippen LogP contribution in [0.5, 0.6) is 0 Å². The predicted octanol–water partition coefficient (Wildman–Crippen LogP) is 1.92. The van der Waals surface area contributed by atoms with Gasteiger partial charge < -0.3 is 20.0 Å². The number of hydrogen-bond donors (Lipinski definition) is 2. The summed E-state index contributed by atoms with van der Waals surface area (Å²) in [6, 6.07) is -0.182. The molecule has 0 aliphatic heterocycles. The SMILES string of the molecule is CCC(CC)N(CCO)C(=O)N(CC(=O)O)C1CCCC1. The molecule has 0 atom stereocenters. The summed E-state index contributed by atoms with van der Waals surface area (Å²) in [6.07, 6.45) is 5.42. The second kappa shape index (κ2) is 8.87. The summed E-state index contributed by atoms with van der Waals surface area (Å²) in [7, 11) is 0. The largest absolute Gasteiger partial charge is 0.480 e. The van der Waals surface area contributed by atoms with Crippen LogP contribution in [0.2, 0.25) is 0 Å². The Hall–Kier alpha value is -1.30. The number of nitrogens with zero attached hydrogens (tertiary/aromatic N) is 2. The highest BCUT2D eigenvalue weighted by molar-refractivity contribution is 5.80. The van der Waals surface area contributed by atoms with Crippen molar-refractivity contribution in [2.75, 3.05) is 19.7 Å². The van der Waals surface area contributed by atoms with Crippen molar-refractivity contribution in [2.24, 2.45) is 0 Å². The number of hydrogen-bond acceptors (Lipinski definition) is 3. The van der Waals surface area contributed by atoms with Crippen LogP contribution < -0.4 is 0 Å². The fourth-order valence-electron chi connectivity index (χ4n) is 3.15. The van der Waals surface area contributed by atoms with Crippen LogP contribution in [0.4, 0.5) is 4.79 Å². The standard InChI is InChI=1S/C15H28N2O4/c1-3-12(4-2)16(9-10-18)15(21)17(11-14(19)20)13-7-5-6-8-13/h12-13,18H,3-11H2,1-2H3,(H,19,20). The van der Waals surface area contributed by atoms with Gasteiger partial charge in [-0.2, -0.15) is 0 Å². The van der Waals surface area contributed by atoms with Gasteiger partial charge in [0.15, 0.2) is 0 Å². The van der Waals surface area contributed by atoms with E-state index in [4.69, 9.17) is 5.11 Å². The van der Waals surface area contributed by atoms with Gasteiger partial charge in [-0.3, -0.25) is 4.79 Å². The molecule has 0 saturated heterocycles. The van der Waals surface area contributed by atoms with Crippen molar-refractivity contribution in [2.45, 2.75) is 64.5 Å². The molecule has 0 radical (unpaired) electrons. The molecule has 0 aromatic rings. The number of aliphatic hydroxyl groups is 1. The lowest BCUT2D eigenvalue weighted by Gasteiger charge is -2.37. The van der Waals surface area contributed by atoms with Crippen molar-refractivity contribution >= 4 is 12.0 Å². The Labute approximate surface area is 126 Å². The first-order valence-corrected chi connectivity index (χ1v) is 7.94. The second-order valence-corrected chi connectivity index (χ2v) is 5.63. The maximum Gasteiger partial charge on any atom is 0.323 e. The van der Waals surface area contributed by atoms with E-state index in [-0.39, 0.29) is 37.8 Å². The first-order valence-electron chi connectivity index (χ1n) is 7.94. The molecule has 122 valence electrons. The number of urea groups is 1. The second-order valence-electron chi connectivity index (χ2n) is 5.63. The molecule has 0 aromatic carbocycles. The molecule has 2 N–H and O–H groups in total. The molecule has 1 saturated carbocycles. The van der Waals surface area contributed by atoms with Gasteiger partial charge in [-0.05, 0) is 25.7 Å². The van der Waals surface area contributed by atoms with Crippen LogP contribution in [-0.4, -0.2) is 63.8 Å². The molecule has 21 heavy (non-hydrogen) atoms. The van der Waals surface area contributed by atoms with Crippen molar-refractivity contribution in [1.82, 2.24) is 9.80 Å². The molecule has 0 unspecified atom stereocenters. The van der Waals surface area contributed by atoms with Crippen molar-refractivity contribution in [3.8, 4) is 0 Å². The molecule has 1 rings (SSSR count). The van der Waals surface area contributed by atoms with E-state index in [1.165, 1.54) is 4.90 Å². The van der Waals surface area contributed by atoms with Crippen molar-refractivity contribution in [3.05, 3.63) is 0 Å². The summed E-state index contributed by atoms with van der Waals surface area (Å²) < 4.78 is 0. The summed E-state index contributed by atoms with van der Waals surface area (Å²) in [5.74, 6) is -0.983. The minimum absolute atomic E-state index is 0.0177. The van der Waals surface area contributed by atoms with Gasteiger partial charge in [0.25, 0.3) is 0 Å². The van der Waals surface area contributed by atoms with Gasteiger partial charge >= 0.3 is 12.0 Å². The average Bonchev–Trinajstić information content (AvgIpc) is 2.98. The quantitative estimate of drug-likeness (QED) is 0.717. The first kappa shape index (κ1) is 17.8. The number of carbonyl (C=O) groups is 2. The van der Waals surface area contributed by atoms with Crippen LogP contribution in [0.3, 0.4) is 0 Å². The Balaban J connectivity index is 2.90. The number of carbonyl (C=O) groups excluding carboxylic acids is 1. The molecule has 0 bridgehead atoms. The van der Waals surface area contributed by atoms with Crippen LogP contribution in [0.15, 0.2) is 0 Å². The van der Waals surface area contributed by atoms with Gasteiger partial charge in [0, 0.05) is 18.6 Å². The van der Waals surface area contributed by atoms with E-state index >= 15 is 0 Å². The Kier molecular flexibility index (Phi) is 7.50. The van der Waals surface area contributed by atoms with Gasteiger partial charge in [0.1, 0.15) is 6.54 Å². The minimum atomic E-state index is -0.983. The lowest BCUT2D eigenvalue weighted by Crippen LogP contribution is -2.53. The number of carboxylic acid groups (broad SMARTS) is 1. The van der Waals surface area contributed by atoms with Crippen molar-refractivity contribution in [3.63, 3.8) is 0 Å². The third kappa shape index (κ3) is 4.88. The third-order valence-corrected chi connectivity index (χ3v) is 4.29. The highest BCUT2D eigenvalue weighted by atomic mass is 16.4. The maximum atomic E-state index is 12.8. The normalized spacial score (nSPS) is 15.4. The van der Waals surface area contributed by atoms with Crippen molar-refractivity contribution in [1.29, 1.82) is 0 Å². The van der Waals surface area contributed by atoms with Crippen LogP contribution in [0.1, 0.15) is 52.4 Å². The van der Waals surface area contributed by atoms with E-state index in [2.05, 4.69) is 0 Å². The van der Waals surface area contributed by atoms with Crippen LogP contribution in [0, 0.1) is 0 Å². The molecule has 0 aromatic heterocycles. The zero-order valence-corrected chi connectivity index (χ0v) is 13.1. The Morgan fingerprint density at radius 1 is 1.19 bits per heavy atom. The number of rotatable bonds is 8. The predicted molar refractivity (Wildman–Crippen MR) is 80.2 cm³/mol. The van der Waals surface area contributed by atoms with Crippen LogP contribution >= 0.6 is 0 Å². The topological polar surface area (TPSA) is 81.1 Å². The molecule has 1 aliphatic carbocycles. The van der Waals surface area contributed by atoms with Crippen molar-refractivity contribution < 1.29 is 19.8 Å². The minimum Gasteiger partial charge on any atom is -0.480 e. The van der Waals surface area contributed by atoms with E-state index in [0.717, 1.165) is 38.5 Å². The molecular weight excluding hydrogens is 272 g/mol. The molecular formula is C15H28N2O4. The fraction of sp³-hybridized carbons (Fsp3) is 0.867. The van der Waals surface area contributed by atoms with Gasteiger partial charge in [-0.25, -0.2) is 4.79 Å². The smallest absolute Gasteiger partial charge is 0.323 e. The van der Waals surface area contributed by atoms with Crippen LogP contribution in [-0.2, 0) is 4.79 Å². The molecule has 6 heteroatoms. The summed E-state index contributed by atoms with van der Waals surface area (Å²) in [5.41, 5.74) is 0. The molecule has 1 aliphatic rings. The molecule has 0 heterocycles. The highest BCUT2D eigenvalue weighted by Gasteiger charge is 2.33. The van der Waals surface area contributed by atoms with E-state index < -0.39 is 5.97 Å². The van der Waals surface area contributed by atoms with E-state index in [1.807, 2.05) is 13.8 Å². The Morgan fingerprint density at radius 3 is 2.19 bits per heavy atom. The number of aliphatic carboxylic acids is 1. The Bertz CT molecular complexity index is 339. The van der Waals surface area contributed by atoms with Gasteiger partial charge in [-0.1, -0.05) is 26.7 Å². The van der Waals surface area contributed by atoms with Gasteiger partial charge in [0.05, 0.1) is 6.61 Å². The van der Waals surface area contributed by atoms with Gasteiger partial charge in [0.2, 0.25) is 0 Å². The van der Waals surface area contributed by atoms with E-state index in [0.29, 0.717) is 0 Å². The lowest BCUT2D eigenvalue weighted by molar-refractivity contribution is -0.138. The third-order valence-electron chi connectivity index (χ3n) is 4.29. The summed E-state index contributed by atoms with van der Waals surface area (Å²) >= 11 is 0.